The first-order valence-corrected chi connectivity index (χ1v) is 10.00. The van der Waals surface area contributed by atoms with Crippen LogP contribution in [0.3, 0.4) is 0 Å². The zero-order valence-corrected chi connectivity index (χ0v) is 15.9. The third-order valence-corrected chi connectivity index (χ3v) is 5.97. The molecule has 4 amide bonds. The van der Waals surface area contributed by atoms with E-state index in [1.165, 1.54) is 9.96 Å². The summed E-state index contributed by atoms with van der Waals surface area (Å²) in [6, 6.07) is -1.26. The van der Waals surface area contributed by atoms with Gasteiger partial charge < -0.3 is 9.74 Å². The molecule has 9 nitrogen and oxygen atoms in total. The fourth-order valence-electron chi connectivity index (χ4n) is 4.36. The van der Waals surface area contributed by atoms with Gasteiger partial charge in [0.25, 0.3) is 11.8 Å². The van der Waals surface area contributed by atoms with Gasteiger partial charge in [-0.15, -0.1) is 5.06 Å². The van der Waals surface area contributed by atoms with Gasteiger partial charge in [-0.25, -0.2) is 9.59 Å². The molecular formula is C19H25N3O6. The summed E-state index contributed by atoms with van der Waals surface area (Å²) in [6.45, 7) is 2.87. The Morgan fingerprint density at radius 2 is 1.79 bits per heavy atom. The number of hydrogen-bond acceptors (Lipinski definition) is 6. The molecule has 152 valence electrons. The van der Waals surface area contributed by atoms with Crippen LogP contribution in [0.4, 0.5) is 4.79 Å². The molecular weight excluding hydrogens is 366 g/mol. The van der Waals surface area contributed by atoms with E-state index < -0.39 is 35.7 Å². The molecule has 0 radical (unpaired) electrons. The molecule has 1 aliphatic carbocycles. The molecule has 0 aromatic carbocycles. The second-order valence-corrected chi connectivity index (χ2v) is 7.73. The lowest BCUT2D eigenvalue weighted by Crippen LogP contribution is -2.48. The van der Waals surface area contributed by atoms with Gasteiger partial charge >= 0.3 is 12.0 Å². The Labute approximate surface area is 163 Å². The zero-order chi connectivity index (χ0) is 19.8. The number of hydroxylamine groups is 4. The van der Waals surface area contributed by atoms with Crippen LogP contribution in [-0.2, 0) is 24.1 Å². The van der Waals surface area contributed by atoms with Gasteiger partial charge in [-0.2, -0.15) is 5.06 Å². The van der Waals surface area contributed by atoms with Gasteiger partial charge in [0.15, 0.2) is 0 Å². The number of piperidine rings is 1. The number of nitrogens with zero attached hydrogens (tertiary/aromatic N) is 3. The third-order valence-electron chi connectivity index (χ3n) is 5.97. The maximum absolute atomic E-state index is 12.7. The summed E-state index contributed by atoms with van der Waals surface area (Å²) in [5.74, 6) is -2.61. The van der Waals surface area contributed by atoms with Crippen molar-refractivity contribution in [2.75, 3.05) is 13.2 Å². The molecule has 0 saturated carbocycles. The Hall–Kier alpha value is -2.42. The molecule has 3 unspecified atom stereocenters. The van der Waals surface area contributed by atoms with Gasteiger partial charge in [0.1, 0.15) is 6.04 Å². The van der Waals surface area contributed by atoms with E-state index in [0.717, 1.165) is 12.8 Å². The summed E-state index contributed by atoms with van der Waals surface area (Å²) in [6.07, 6.45) is 7.51. The quantitative estimate of drug-likeness (QED) is 0.386. The maximum atomic E-state index is 12.7. The average molecular weight is 391 g/mol. The van der Waals surface area contributed by atoms with Crippen molar-refractivity contribution in [1.82, 2.24) is 15.0 Å². The Morgan fingerprint density at radius 3 is 2.43 bits per heavy atom. The summed E-state index contributed by atoms with van der Waals surface area (Å²) < 4.78 is 0. The SMILES string of the molecule is CCCCON1C(=O)N2CC1CC[C@H]2C(=O)ON1C(=O)C2CC=CCC2C1=O. The lowest BCUT2D eigenvalue weighted by Gasteiger charge is -2.29. The molecule has 0 N–H and O–H groups in total. The average Bonchev–Trinajstić information content (AvgIpc) is 3.09. The van der Waals surface area contributed by atoms with E-state index in [0.29, 0.717) is 43.9 Å². The minimum Gasteiger partial charge on any atom is -0.328 e. The van der Waals surface area contributed by atoms with Gasteiger partial charge in [0, 0.05) is 6.54 Å². The Balaban J connectivity index is 1.40. The van der Waals surface area contributed by atoms with Gasteiger partial charge in [-0.3, -0.25) is 14.4 Å². The highest BCUT2D eigenvalue weighted by atomic mass is 16.7. The first-order valence-electron chi connectivity index (χ1n) is 10.00. The summed E-state index contributed by atoms with van der Waals surface area (Å²) in [7, 11) is 0. The fourth-order valence-corrected chi connectivity index (χ4v) is 4.36. The molecule has 0 aromatic heterocycles. The predicted molar refractivity (Wildman–Crippen MR) is 94.9 cm³/mol. The molecule has 28 heavy (non-hydrogen) atoms. The van der Waals surface area contributed by atoms with Crippen molar-refractivity contribution < 1.29 is 28.9 Å². The number of urea groups is 1. The fraction of sp³-hybridized carbons (Fsp3) is 0.684. The minimum atomic E-state index is -0.815. The zero-order valence-electron chi connectivity index (χ0n) is 15.9. The first kappa shape index (κ1) is 18.9. The summed E-state index contributed by atoms with van der Waals surface area (Å²) in [5, 5.41) is 1.97. The van der Waals surface area contributed by atoms with E-state index in [9.17, 15) is 19.2 Å². The van der Waals surface area contributed by atoms with Crippen LogP contribution in [0, 0.1) is 11.8 Å². The van der Waals surface area contributed by atoms with Crippen LogP contribution in [0.15, 0.2) is 12.2 Å². The van der Waals surface area contributed by atoms with Gasteiger partial charge in [0.05, 0.1) is 24.5 Å². The highest BCUT2D eigenvalue weighted by molar-refractivity contribution is 6.05. The van der Waals surface area contributed by atoms with Crippen LogP contribution >= 0.6 is 0 Å². The number of amides is 4. The van der Waals surface area contributed by atoms with Crippen LogP contribution in [-0.4, -0.2) is 64.1 Å². The molecule has 2 bridgehead atoms. The monoisotopic (exact) mass is 391 g/mol. The van der Waals surface area contributed by atoms with E-state index in [1.54, 1.807) is 0 Å². The lowest BCUT2D eigenvalue weighted by molar-refractivity contribution is -0.202. The smallest absolute Gasteiger partial charge is 0.328 e. The molecule has 0 aromatic rings. The number of unbranched alkanes of at least 4 members (excludes halogenated alkanes) is 1. The van der Waals surface area contributed by atoms with E-state index in [-0.39, 0.29) is 12.1 Å². The van der Waals surface area contributed by atoms with Crippen molar-refractivity contribution >= 4 is 23.8 Å². The maximum Gasteiger partial charge on any atom is 0.355 e. The van der Waals surface area contributed by atoms with Gasteiger partial charge in [0.2, 0.25) is 0 Å². The van der Waals surface area contributed by atoms with Crippen molar-refractivity contribution in [1.29, 1.82) is 0 Å². The molecule has 9 heteroatoms. The van der Waals surface area contributed by atoms with Crippen LogP contribution in [0.25, 0.3) is 0 Å². The number of allylic oxidation sites excluding steroid dienone is 2. The Kier molecular flexibility index (Phi) is 5.09. The van der Waals surface area contributed by atoms with E-state index >= 15 is 0 Å². The minimum absolute atomic E-state index is 0.0857. The molecule has 4 rings (SSSR count). The molecule has 4 atom stereocenters. The van der Waals surface area contributed by atoms with Crippen molar-refractivity contribution in [3.63, 3.8) is 0 Å². The van der Waals surface area contributed by atoms with Crippen molar-refractivity contribution in [2.24, 2.45) is 11.8 Å². The van der Waals surface area contributed by atoms with E-state index in [2.05, 4.69) is 0 Å². The second kappa shape index (κ2) is 7.54. The number of fused-ring (bicyclic) bond motifs is 3. The highest BCUT2D eigenvalue weighted by Gasteiger charge is 2.52. The van der Waals surface area contributed by atoms with Crippen LogP contribution in [0.5, 0.6) is 0 Å². The topological polar surface area (TPSA) is 96.5 Å². The van der Waals surface area contributed by atoms with Crippen molar-refractivity contribution in [3.05, 3.63) is 12.2 Å². The largest absolute Gasteiger partial charge is 0.355 e. The molecule has 3 saturated heterocycles. The van der Waals surface area contributed by atoms with E-state index in [4.69, 9.17) is 9.68 Å². The van der Waals surface area contributed by atoms with Crippen molar-refractivity contribution in [3.8, 4) is 0 Å². The molecule has 0 spiro atoms. The highest BCUT2D eigenvalue weighted by Crippen LogP contribution is 2.36. The van der Waals surface area contributed by atoms with Gasteiger partial charge in [-0.1, -0.05) is 25.5 Å². The number of hydrogen-bond donors (Lipinski definition) is 0. The number of carbonyl (C=O) groups is 4. The predicted octanol–water partition coefficient (Wildman–Crippen LogP) is 1.40. The van der Waals surface area contributed by atoms with E-state index in [1.807, 2.05) is 19.1 Å². The summed E-state index contributed by atoms with van der Waals surface area (Å²) >= 11 is 0. The number of imide groups is 1. The summed E-state index contributed by atoms with van der Waals surface area (Å²) in [5.41, 5.74) is 0. The molecule has 3 fully saturated rings. The second-order valence-electron chi connectivity index (χ2n) is 7.73. The molecule has 4 aliphatic rings. The Bertz CT molecular complexity index is 696. The van der Waals surface area contributed by atoms with Gasteiger partial charge in [-0.05, 0) is 32.1 Å². The van der Waals surface area contributed by atoms with Crippen molar-refractivity contribution in [2.45, 2.75) is 57.5 Å². The Morgan fingerprint density at radius 1 is 1.11 bits per heavy atom. The first-order chi connectivity index (χ1) is 13.5. The summed E-state index contributed by atoms with van der Waals surface area (Å²) in [4.78, 5) is 62.5. The molecule has 3 heterocycles. The standard InChI is InChI=1S/C19H25N3O6/c1-2-3-10-27-21-12-8-9-15(20(11-12)19(21)26)18(25)28-22-16(23)13-6-4-5-7-14(13)17(22)24/h4-5,12-15H,2-3,6-11H2,1H3/t12?,13?,14?,15-/m0/s1. The van der Waals surface area contributed by atoms with Crippen LogP contribution < -0.4 is 0 Å². The number of carbonyl (C=O) groups excluding carboxylic acids is 4. The van der Waals surface area contributed by atoms with Crippen LogP contribution in [0.1, 0.15) is 45.4 Å². The normalized spacial score (nSPS) is 31.6. The third kappa shape index (κ3) is 3.07. The van der Waals surface area contributed by atoms with Crippen LogP contribution in [0.2, 0.25) is 0 Å². The number of rotatable bonds is 6. The molecule has 3 aliphatic heterocycles. The lowest BCUT2D eigenvalue weighted by atomic mass is 9.85.